The first-order valence-electron chi connectivity index (χ1n) is 13.3. The zero-order valence-electron chi connectivity index (χ0n) is 21.8. The number of imide groups is 1. The van der Waals surface area contributed by atoms with Crippen molar-refractivity contribution in [2.75, 3.05) is 19.6 Å². The smallest absolute Gasteiger partial charge is 0.309 e. The summed E-state index contributed by atoms with van der Waals surface area (Å²) in [5, 5.41) is 0. The summed E-state index contributed by atoms with van der Waals surface area (Å²) in [6.07, 6.45) is 5.47. The Morgan fingerprint density at radius 3 is 2.19 bits per heavy atom. The molecular weight excluding hydrogens is 460 g/mol. The van der Waals surface area contributed by atoms with Crippen molar-refractivity contribution in [3.05, 3.63) is 101 Å². The van der Waals surface area contributed by atoms with E-state index in [1.165, 1.54) is 21.6 Å². The average molecular weight is 497 g/mol. The molecule has 1 spiro atoms. The fraction of sp³-hybridized carbons (Fsp3) is 0.387. The summed E-state index contributed by atoms with van der Waals surface area (Å²) in [5.41, 5.74) is 3.90. The normalized spacial score (nSPS) is 17.8. The van der Waals surface area contributed by atoms with Crippen LogP contribution in [0.2, 0.25) is 0 Å². The molecule has 0 atom stereocenters. The number of carbonyl (C=O) groups is 2. The van der Waals surface area contributed by atoms with Gasteiger partial charge in [0.15, 0.2) is 0 Å². The number of aromatic nitrogens is 1. The van der Waals surface area contributed by atoms with E-state index in [-0.39, 0.29) is 18.5 Å². The number of urea groups is 1. The number of likely N-dealkylation sites (tertiary alicyclic amines) is 1. The van der Waals surface area contributed by atoms with Gasteiger partial charge in [0.05, 0.1) is 6.54 Å². The van der Waals surface area contributed by atoms with Crippen LogP contribution in [-0.2, 0) is 24.3 Å². The topological polar surface area (TPSA) is 56.8 Å². The zero-order valence-corrected chi connectivity index (χ0v) is 21.8. The third-order valence-electron chi connectivity index (χ3n) is 7.89. The van der Waals surface area contributed by atoms with E-state index < -0.39 is 5.54 Å². The minimum Gasteiger partial charge on any atom is -0.309 e. The first-order valence-corrected chi connectivity index (χ1v) is 13.3. The van der Waals surface area contributed by atoms with E-state index in [2.05, 4.69) is 60.1 Å². The molecule has 2 aromatic carbocycles. The van der Waals surface area contributed by atoms with Gasteiger partial charge in [-0.2, -0.15) is 0 Å². The summed E-state index contributed by atoms with van der Waals surface area (Å²) >= 11 is 0. The lowest BCUT2D eigenvalue weighted by atomic mass is 9.85. The highest BCUT2D eigenvalue weighted by Gasteiger charge is 2.57. The maximum atomic E-state index is 13.9. The van der Waals surface area contributed by atoms with Crippen LogP contribution in [0.4, 0.5) is 4.79 Å². The molecule has 0 unspecified atom stereocenters. The zero-order chi connectivity index (χ0) is 25.8. The highest BCUT2D eigenvalue weighted by molar-refractivity contribution is 6.07. The molecule has 37 heavy (non-hydrogen) atoms. The summed E-state index contributed by atoms with van der Waals surface area (Å²) < 4.78 is 0. The molecule has 6 heteroatoms. The van der Waals surface area contributed by atoms with Gasteiger partial charge in [-0.15, -0.1) is 0 Å². The van der Waals surface area contributed by atoms with Crippen LogP contribution < -0.4 is 0 Å². The number of pyridine rings is 1. The molecule has 0 N–H and O–H groups in total. The van der Waals surface area contributed by atoms with Gasteiger partial charge in [0, 0.05) is 38.6 Å². The highest BCUT2D eigenvalue weighted by atomic mass is 16.2. The Balaban J connectivity index is 1.32. The van der Waals surface area contributed by atoms with Crippen LogP contribution in [0.25, 0.3) is 0 Å². The quantitative estimate of drug-likeness (QED) is 0.400. The van der Waals surface area contributed by atoms with Gasteiger partial charge in [0.1, 0.15) is 5.54 Å². The molecule has 2 saturated heterocycles. The predicted octanol–water partition coefficient (Wildman–Crippen LogP) is 5.25. The summed E-state index contributed by atoms with van der Waals surface area (Å²) in [6, 6.07) is 22.6. The van der Waals surface area contributed by atoms with Crippen LogP contribution in [0.5, 0.6) is 0 Å². The lowest BCUT2D eigenvalue weighted by Crippen LogP contribution is -2.56. The van der Waals surface area contributed by atoms with Crippen LogP contribution in [0.15, 0.2) is 79.1 Å². The Morgan fingerprint density at radius 2 is 1.54 bits per heavy atom. The molecule has 5 rings (SSSR count). The molecule has 6 nitrogen and oxygen atoms in total. The molecule has 0 radical (unpaired) electrons. The molecule has 2 aliphatic heterocycles. The Bertz CT molecular complexity index is 1200. The minimum atomic E-state index is -0.772. The van der Waals surface area contributed by atoms with Crippen molar-refractivity contribution in [2.45, 2.75) is 57.7 Å². The monoisotopic (exact) mass is 496 g/mol. The number of benzene rings is 2. The lowest BCUT2D eigenvalue weighted by Gasteiger charge is -2.42. The number of hydrogen-bond acceptors (Lipinski definition) is 4. The van der Waals surface area contributed by atoms with E-state index in [1.807, 2.05) is 35.2 Å². The van der Waals surface area contributed by atoms with Crippen molar-refractivity contribution in [1.82, 2.24) is 19.7 Å². The molecule has 2 fully saturated rings. The third kappa shape index (κ3) is 5.30. The number of carbonyl (C=O) groups excluding carboxylic acids is 2. The van der Waals surface area contributed by atoms with Gasteiger partial charge in [0.25, 0.3) is 5.91 Å². The fourth-order valence-electron chi connectivity index (χ4n) is 5.62. The molecule has 1 aromatic heterocycles. The maximum Gasteiger partial charge on any atom is 0.328 e. The van der Waals surface area contributed by atoms with Gasteiger partial charge in [-0.3, -0.25) is 19.6 Å². The van der Waals surface area contributed by atoms with E-state index >= 15 is 0 Å². The van der Waals surface area contributed by atoms with E-state index in [4.69, 9.17) is 0 Å². The fourth-order valence-corrected chi connectivity index (χ4v) is 5.62. The van der Waals surface area contributed by atoms with Crippen LogP contribution in [0.1, 0.15) is 54.9 Å². The van der Waals surface area contributed by atoms with Gasteiger partial charge in [-0.25, -0.2) is 4.79 Å². The molecule has 2 aliphatic rings. The second-order valence-corrected chi connectivity index (χ2v) is 10.6. The van der Waals surface area contributed by atoms with Gasteiger partial charge < -0.3 is 4.90 Å². The summed E-state index contributed by atoms with van der Waals surface area (Å²) in [5.74, 6) is 0.460. The largest absolute Gasteiger partial charge is 0.328 e. The van der Waals surface area contributed by atoms with Crippen molar-refractivity contribution in [3.8, 4) is 0 Å². The van der Waals surface area contributed by atoms with E-state index in [0.29, 0.717) is 25.3 Å². The van der Waals surface area contributed by atoms with Crippen LogP contribution in [0, 0.1) is 0 Å². The molecule has 0 aliphatic carbocycles. The van der Waals surface area contributed by atoms with Crippen LogP contribution in [0.3, 0.4) is 0 Å². The molecule has 0 saturated carbocycles. The average Bonchev–Trinajstić information content (AvgIpc) is 3.11. The first-order chi connectivity index (χ1) is 18.0. The maximum absolute atomic E-state index is 13.9. The van der Waals surface area contributed by atoms with Crippen molar-refractivity contribution >= 4 is 11.9 Å². The molecule has 3 aromatic rings. The van der Waals surface area contributed by atoms with Gasteiger partial charge in [-0.1, -0.05) is 74.5 Å². The molecule has 192 valence electrons. The third-order valence-corrected chi connectivity index (χ3v) is 7.89. The Morgan fingerprint density at radius 1 is 0.838 bits per heavy atom. The van der Waals surface area contributed by atoms with Crippen LogP contribution in [-0.4, -0.2) is 56.8 Å². The van der Waals surface area contributed by atoms with Crippen molar-refractivity contribution < 1.29 is 9.59 Å². The minimum absolute atomic E-state index is 0.0599. The summed E-state index contributed by atoms with van der Waals surface area (Å²) in [7, 11) is 0. The second kappa shape index (κ2) is 10.9. The second-order valence-electron chi connectivity index (χ2n) is 10.6. The van der Waals surface area contributed by atoms with E-state index in [1.54, 1.807) is 12.4 Å². The summed E-state index contributed by atoms with van der Waals surface area (Å²) in [6.45, 7) is 7.65. The van der Waals surface area contributed by atoms with Crippen LogP contribution >= 0.6 is 0 Å². The molecule has 0 bridgehead atoms. The van der Waals surface area contributed by atoms with Crippen molar-refractivity contribution in [1.29, 1.82) is 0 Å². The molecular formula is C31H36N4O2. The number of hydrogen-bond donors (Lipinski definition) is 0. The number of nitrogens with zero attached hydrogens (tertiary/aromatic N) is 4. The van der Waals surface area contributed by atoms with Crippen molar-refractivity contribution in [2.24, 2.45) is 0 Å². The van der Waals surface area contributed by atoms with Gasteiger partial charge in [-0.05, 0) is 53.5 Å². The summed E-state index contributed by atoms with van der Waals surface area (Å²) in [4.78, 5) is 37.5. The van der Waals surface area contributed by atoms with E-state index in [9.17, 15) is 9.59 Å². The van der Waals surface area contributed by atoms with Gasteiger partial charge >= 0.3 is 6.03 Å². The standard InChI is InChI=1S/C31H36N4O2/c1-24(2)28-12-10-26(11-13-28)22-33-19-15-31(16-20-33)29(36)34(23-27-9-6-17-32-21-27)30(37)35(31)18-14-25-7-4-3-5-8-25/h3-13,17,21,24H,14-16,18-20,22-23H2,1-2H3. The van der Waals surface area contributed by atoms with Crippen molar-refractivity contribution in [3.63, 3.8) is 0 Å². The number of piperidine rings is 1. The first kappa shape index (κ1) is 25.2. The Labute approximate surface area is 219 Å². The lowest BCUT2D eigenvalue weighted by molar-refractivity contribution is -0.136. The highest BCUT2D eigenvalue weighted by Crippen LogP contribution is 2.38. The molecule has 3 amide bonds. The Kier molecular flexibility index (Phi) is 7.38. The van der Waals surface area contributed by atoms with E-state index in [0.717, 1.165) is 31.6 Å². The number of amides is 3. The number of rotatable bonds is 8. The Hall–Kier alpha value is -3.51. The predicted molar refractivity (Wildman–Crippen MR) is 145 cm³/mol. The van der Waals surface area contributed by atoms with Gasteiger partial charge in [0.2, 0.25) is 0 Å². The molecule has 3 heterocycles. The SMILES string of the molecule is CC(C)c1ccc(CN2CCC3(CC2)C(=O)N(Cc2cccnc2)C(=O)N3CCc2ccccc2)cc1.